The molecule has 0 fully saturated rings. The molecule has 0 aliphatic heterocycles. The maximum absolute atomic E-state index is 2.46. The lowest BCUT2D eigenvalue weighted by Gasteiger charge is -2.22. The number of aromatic nitrogens is 2. The third-order valence-electron chi connectivity index (χ3n) is 10.8. The SMILES string of the molecule is CC1(C)c2ccccc2-c2ccc(-c3cccc(-n4c5ccccc5c5ccc6c(ccn6-c6ccc(-c7ccccc7)cc6)c54)c3)cc21. The number of hydrogen-bond acceptors (Lipinski definition) is 0. The highest BCUT2D eigenvalue weighted by Gasteiger charge is 2.35. The maximum Gasteiger partial charge on any atom is 0.0635 e. The number of rotatable bonds is 4. The monoisotopic (exact) mass is 626 g/mol. The van der Waals surface area contributed by atoms with E-state index in [-0.39, 0.29) is 5.41 Å². The van der Waals surface area contributed by atoms with Gasteiger partial charge in [-0.2, -0.15) is 0 Å². The second-order valence-electron chi connectivity index (χ2n) is 13.8. The summed E-state index contributed by atoms with van der Waals surface area (Å²) in [6, 6.07) is 60.1. The van der Waals surface area contributed by atoms with Crippen LogP contribution in [-0.4, -0.2) is 9.13 Å². The molecule has 1 aliphatic carbocycles. The van der Waals surface area contributed by atoms with E-state index in [2.05, 4.69) is 193 Å². The van der Waals surface area contributed by atoms with Crippen LogP contribution in [0.1, 0.15) is 25.0 Å². The lowest BCUT2D eigenvalue weighted by Crippen LogP contribution is -2.14. The molecule has 9 aromatic rings. The zero-order chi connectivity index (χ0) is 32.7. The summed E-state index contributed by atoms with van der Waals surface area (Å²) in [5, 5.41) is 3.77. The van der Waals surface area contributed by atoms with Crippen LogP contribution in [0.15, 0.2) is 170 Å². The van der Waals surface area contributed by atoms with Gasteiger partial charge in [-0.1, -0.05) is 129 Å². The van der Waals surface area contributed by atoms with Crippen molar-refractivity contribution < 1.29 is 0 Å². The first-order valence-corrected chi connectivity index (χ1v) is 17.1. The van der Waals surface area contributed by atoms with Gasteiger partial charge in [0.2, 0.25) is 0 Å². The molecule has 0 spiro atoms. The molecule has 0 unspecified atom stereocenters. The van der Waals surface area contributed by atoms with Gasteiger partial charge in [-0.05, 0) is 93.0 Å². The van der Waals surface area contributed by atoms with Crippen LogP contribution >= 0.6 is 0 Å². The van der Waals surface area contributed by atoms with Gasteiger partial charge < -0.3 is 9.13 Å². The molecule has 1 aliphatic rings. The van der Waals surface area contributed by atoms with Crippen molar-refractivity contribution in [3.8, 4) is 44.8 Å². The average molecular weight is 627 g/mol. The summed E-state index contributed by atoms with van der Waals surface area (Å²) in [5.41, 5.74) is 16.4. The Labute approximate surface area is 286 Å². The molecule has 0 N–H and O–H groups in total. The first-order valence-electron chi connectivity index (χ1n) is 17.1. The Bertz CT molecular complexity index is 2720. The van der Waals surface area contributed by atoms with Gasteiger partial charge in [0.1, 0.15) is 0 Å². The van der Waals surface area contributed by atoms with Gasteiger partial charge in [0.25, 0.3) is 0 Å². The fraction of sp³-hybridized carbons (Fsp3) is 0.0638. The Morgan fingerprint density at radius 1 is 0.408 bits per heavy atom. The summed E-state index contributed by atoms with van der Waals surface area (Å²) < 4.78 is 4.78. The van der Waals surface area contributed by atoms with E-state index in [0.29, 0.717) is 0 Å². The Kier molecular flexibility index (Phi) is 5.95. The third-order valence-corrected chi connectivity index (χ3v) is 10.8. The van der Waals surface area contributed by atoms with Crippen LogP contribution in [0.3, 0.4) is 0 Å². The average Bonchev–Trinajstić information content (AvgIpc) is 3.81. The quantitative estimate of drug-likeness (QED) is 0.184. The minimum Gasteiger partial charge on any atom is -0.316 e. The van der Waals surface area contributed by atoms with E-state index >= 15 is 0 Å². The number of para-hydroxylation sites is 1. The highest BCUT2D eigenvalue weighted by Crippen LogP contribution is 2.49. The van der Waals surface area contributed by atoms with Gasteiger partial charge in [-0.3, -0.25) is 0 Å². The van der Waals surface area contributed by atoms with Crippen LogP contribution in [0.2, 0.25) is 0 Å². The van der Waals surface area contributed by atoms with Crippen molar-refractivity contribution in [2.24, 2.45) is 0 Å². The van der Waals surface area contributed by atoms with Gasteiger partial charge in [0, 0.05) is 39.1 Å². The normalized spacial score (nSPS) is 13.3. The van der Waals surface area contributed by atoms with Crippen molar-refractivity contribution in [3.05, 3.63) is 181 Å². The molecule has 0 bridgehead atoms. The molecule has 7 aromatic carbocycles. The van der Waals surface area contributed by atoms with Crippen LogP contribution in [-0.2, 0) is 5.41 Å². The van der Waals surface area contributed by atoms with Crippen LogP contribution in [0.4, 0.5) is 0 Å². The minimum atomic E-state index is -0.0347. The number of hydrogen-bond donors (Lipinski definition) is 0. The molecule has 2 heteroatoms. The molecule has 2 aromatic heterocycles. The fourth-order valence-corrected chi connectivity index (χ4v) is 8.32. The minimum absolute atomic E-state index is 0.0347. The lowest BCUT2D eigenvalue weighted by atomic mass is 9.81. The van der Waals surface area contributed by atoms with Crippen LogP contribution in [0, 0.1) is 0 Å². The van der Waals surface area contributed by atoms with Gasteiger partial charge in [-0.15, -0.1) is 0 Å². The van der Waals surface area contributed by atoms with Crippen LogP contribution < -0.4 is 0 Å². The van der Waals surface area contributed by atoms with E-state index in [1.807, 2.05) is 0 Å². The molecule has 0 atom stereocenters. The zero-order valence-electron chi connectivity index (χ0n) is 27.6. The van der Waals surface area contributed by atoms with Crippen molar-refractivity contribution >= 4 is 32.7 Å². The third kappa shape index (κ3) is 4.14. The molecule has 2 nitrogen and oxygen atoms in total. The van der Waals surface area contributed by atoms with Crippen LogP contribution in [0.25, 0.3) is 77.5 Å². The molecule has 0 saturated carbocycles. The Balaban J connectivity index is 1.12. The van der Waals surface area contributed by atoms with Crippen LogP contribution in [0.5, 0.6) is 0 Å². The first kappa shape index (κ1) is 27.9. The molecule has 0 saturated heterocycles. The Hall–Kier alpha value is -6.12. The number of benzene rings is 7. The van der Waals surface area contributed by atoms with Crippen molar-refractivity contribution in [2.45, 2.75) is 19.3 Å². The van der Waals surface area contributed by atoms with Crippen molar-refractivity contribution in [1.82, 2.24) is 9.13 Å². The molecular formula is C47H34N2. The summed E-state index contributed by atoms with van der Waals surface area (Å²) in [7, 11) is 0. The van der Waals surface area contributed by atoms with E-state index in [4.69, 9.17) is 0 Å². The van der Waals surface area contributed by atoms with E-state index in [1.54, 1.807) is 0 Å². The summed E-state index contributed by atoms with van der Waals surface area (Å²) in [5.74, 6) is 0. The summed E-state index contributed by atoms with van der Waals surface area (Å²) in [4.78, 5) is 0. The summed E-state index contributed by atoms with van der Waals surface area (Å²) >= 11 is 0. The standard InChI is InChI=1S/C47H34N2/c1-47(2)42-17-8-6-15-37(42)38-24-21-34(30-43(38)47)33-13-10-14-36(29-33)49-45-18-9-7-16-39(45)40-25-26-44-41(46(40)49)27-28-48(44)35-22-19-32(20-23-35)31-11-4-3-5-12-31/h3-30H,1-2H3. The molecule has 49 heavy (non-hydrogen) atoms. The van der Waals surface area contributed by atoms with E-state index < -0.39 is 0 Å². The fourth-order valence-electron chi connectivity index (χ4n) is 8.32. The second-order valence-corrected chi connectivity index (χ2v) is 13.8. The van der Waals surface area contributed by atoms with Gasteiger partial charge in [0.15, 0.2) is 0 Å². The first-order chi connectivity index (χ1) is 24.1. The van der Waals surface area contributed by atoms with Gasteiger partial charge >= 0.3 is 0 Å². The van der Waals surface area contributed by atoms with Gasteiger partial charge in [0.05, 0.1) is 16.6 Å². The predicted molar refractivity (Wildman–Crippen MR) is 206 cm³/mol. The second kappa shape index (κ2) is 10.4. The molecule has 0 amide bonds. The smallest absolute Gasteiger partial charge is 0.0635 e. The molecule has 232 valence electrons. The Morgan fingerprint density at radius 3 is 1.98 bits per heavy atom. The molecular weight excluding hydrogens is 593 g/mol. The van der Waals surface area contributed by atoms with Crippen molar-refractivity contribution in [1.29, 1.82) is 0 Å². The zero-order valence-corrected chi connectivity index (χ0v) is 27.6. The maximum atomic E-state index is 2.46. The van der Waals surface area contributed by atoms with E-state index in [1.165, 1.54) is 82.9 Å². The van der Waals surface area contributed by atoms with E-state index in [9.17, 15) is 0 Å². The van der Waals surface area contributed by atoms with Crippen molar-refractivity contribution in [2.75, 3.05) is 0 Å². The number of nitrogens with zero attached hydrogens (tertiary/aromatic N) is 2. The largest absolute Gasteiger partial charge is 0.316 e. The predicted octanol–water partition coefficient (Wildman–Crippen LogP) is 12.4. The molecule has 10 rings (SSSR count). The lowest BCUT2D eigenvalue weighted by molar-refractivity contribution is 0.660. The summed E-state index contributed by atoms with van der Waals surface area (Å²) in [6.45, 7) is 4.70. The highest BCUT2D eigenvalue weighted by molar-refractivity contribution is 6.18. The Morgan fingerprint density at radius 2 is 1.10 bits per heavy atom. The number of fused-ring (bicyclic) bond motifs is 8. The van der Waals surface area contributed by atoms with Crippen molar-refractivity contribution in [3.63, 3.8) is 0 Å². The van der Waals surface area contributed by atoms with Gasteiger partial charge in [-0.25, -0.2) is 0 Å². The summed E-state index contributed by atoms with van der Waals surface area (Å²) in [6.07, 6.45) is 2.21. The molecule has 0 radical (unpaired) electrons. The van der Waals surface area contributed by atoms with E-state index in [0.717, 1.165) is 5.69 Å². The highest BCUT2D eigenvalue weighted by atomic mass is 15.0. The molecule has 2 heterocycles. The topological polar surface area (TPSA) is 9.86 Å².